The Labute approximate surface area is 114 Å². The Morgan fingerprint density at radius 2 is 1.85 bits per heavy atom. The standard InChI is InChI=1S/C14H13FN2O3/c1-19-10-4-8(14(17)18)5-11(7-10)20-13-6-9(15)2-3-12(13)16/h2-7H,16H2,1H3,(H2,17,18). The number of methoxy groups -OCH3 is 1. The van der Waals surface area contributed by atoms with Gasteiger partial charge in [-0.2, -0.15) is 0 Å². The molecule has 0 radical (unpaired) electrons. The van der Waals surface area contributed by atoms with Crippen LogP contribution in [0.2, 0.25) is 0 Å². The molecule has 0 aliphatic heterocycles. The molecule has 1 amide bonds. The van der Waals surface area contributed by atoms with Gasteiger partial charge >= 0.3 is 0 Å². The van der Waals surface area contributed by atoms with Crippen LogP contribution < -0.4 is 20.9 Å². The van der Waals surface area contributed by atoms with Crippen molar-refractivity contribution in [2.24, 2.45) is 5.73 Å². The summed E-state index contributed by atoms with van der Waals surface area (Å²) >= 11 is 0. The number of hydrogen-bond donors (Lipinski definition) is 2. The number of primary amides is 1. The van der Waals surface area contributed by atoms with E-state index in [1.807, 2.05) is 0 Å². The van der Waals surface area contributed by atoms with Crippen molar-refractivity contribution >= 4 is 11.6 Å². The van der Waals surface area contributed by atoms with Crippen molar-refractivity contribution in [3.05, 3.63) is 47.8 Å². The molecule has 5 nitrogen and oxygen atoms in total. The smallest absolute Gasteiger partial charge is 0.248 e. The van der Waals surface area contributed by atoms with Gasteiger partial charge in [-0.1, -0.05) is 0 Å². The van der Waals surface area contributed by atoms with E-state index in [2.05, 4.69) is 0 Å². The molecule has 6 heteroatoms. The second kappa shape index (κ2) is 5.48. The van der Waals surface area contributed by atoms with Crippen molar-refractivity contribution in [1.29, 1.82) is 0 Å². The molecule has 0 saturated heterocycles. The molecule has 0 saturated carbocycles. The van der Waals surface area contributed by atoms with Crippen LogP contribution >= 0.6 is 0 Å². The van der Waals surface area contributed by atoms with Crippen molar-refractivity contribution in [2.45, 2.75) is 0 Å². The first-order valence-corrected chi connectivity index (χ1v) is 5.71. The summed E-state index contributed by atoms with van der Waals surface area (Å²) in [6.07, 6.45) is 0. The van der Waals surface area contributed by atoms with E-state index in [0.29, 0.717) is 5.75 Å². The van der Waals surface area contributed by atoms with Gasteiger partial charge in [0.15, 0.2) is 5.75 Å². The van der Waals surface area contributed by atoms with Gasteiger partial charge < -0.3 is 20.9 Å². The van der Waals surface area contributed by atoms with E-state index in [-0.39, 0.29) is 22.7 Å². The second-order valence-electron chi connectivity index (χ2n) is 4.05. The fraction of sp³-hybridized carbons (Fsp3) is 0.0714. The highest BCUT2D eigenvalue weighted by Crippen LogP contribution is 2.31. The predicted molar refractivity (Wildman–Crippen MR) is 72.4 cm³/mol. The first kappa shape index (κ1) is 13.7. The fourth-order valence-corrected chi connectivity index (χ4v) is 1.61. The van der Waals surface area contributed by atoms with E-state index >= 15 is 0 Å². The minimum atomic E-state index is -0.624. The molecule has 0 aliphatic carbocycles. The lowest BCUT2D eigenvalue weighted by Gasteiger charge is -2.11. The van der Waals surface area contributed by atoms with Crippen LogP contribution in [0.1, 0.15) is 10.4 Å². The van der Waals surface area contributed by atoms with Crippen molar-refractivity contribution in [2.75, 3.05) is 12.8 Å². The van der Waals surface area contributed by atoms with Crippen LogP contribution in [0.15, 0.2) is 36.4 Å². The van der Waals surface area contributed by atoms with Crippen LogP contribution in [0.3, 0.4) is 0 Å². The average molecular weight is 276 g/mol. The first-order valence-electron chi connectivity index (χ1n) is 5.71. The maximum absolute atomic E-state index is 13.2. The van der Waals surface area contributed by atoms with E-state index in [0.717, 1.165) is 6.07 Å². The summed E-state index contributed by atoms with van der Waals surface area (Å²) in [7, 11) is 1.44. The first-order chi connectivity index (χ1) is 9.49. The summed E-state index contributed by atoms with van der Waals surface area (Å²) in [6, 6.07) is 8.21. The lowest BCUT2D eigenvalue weighted by molar-refractivity contribution is 0.0999. The molecule has 0 unspecified atom stereocenters. The Hall–Kier alpha value is -2.76. The molecular weight excluding hydrogens is 263 g/mol. The topological polar surface area (TPSA) is 87.6 Å². The van der Waals surface area contributed by atoms with E-state index in [9.17, 15) is 9.18 Å². The summed E-state index contributed by atoms with van der Waals surface area (Å²) in [6.45, 7) is 0. The molecule has 104 valence electrons. The number of nitrogens with two attached hydrogens (primary N) is 2. The van der Waals surface area contributed by atoms with E-state index in [1.54, 1.807) is 0 Å². The third-order valence-electron chi connectivity index (χ3n) is 2.60. The summed E-state index contributed by atoms with van der Waals surface area (Å²) in [5, 5.41) is 0. The van der Waals surface area contributed by atoms with Crippen molar-refractivity contribution < 1.29 is 18.7 Å². The number of ether oxygens (including phenoxy) is 2. The van der Waals surface area contributed by atoms with Gasteiger partial charge in [-0.15, -0.1) is 0 Å². The lowest BCUT2D eigenvalue weighted by atomic mass is 10.2. The van der Waals surface area contributed by atoms with Gasteiger partial charge in [0.1, 0.15) is 17.3 Å². The molecule has 20 heavy (non-hydrogen) atoms. The Balaban J connectivity index is 2.39. The molecule has 0 heterocycles. The van der Waals surface area contributed by atoms with Crippen molar-refractivity contribution in [3.8, 4) is 17.2 Å². The van der Waals surface area contributed by atoms with Gasteiger partial charge in [-0.25, -0.2) is 4.39 Å². The Kier molecular flexibility index (Phi) is 3.74. The van der Waals surface area contributed by atoms with E-state index in [4.69, 9.17) is 20.9 Å². The monoisotopic (exact) mass is 276 g/mol. The quantitative estimate of drug-likeness (QED) is 0.839. The highest BCUT2D eigenvalue weighted by atomic mass is 19.1. The molecule has 2 aromatic carbocycles. The number of carbonyl (C=O) groups excluding carboxylic acids is 1. The molecule has 0 aliphatic rings. The Morgan fingerprint density at radius 1 is 1.15 bits per heavy atom. The fourth-order valence-electron chi connectivity index (χ4n) is 1.61. The van der Waals surface area contributed by atoms with Gasteiger partial charge in [-0.05, 0) is 24.3 Å². The molecule has 0 aromatic heterocycles. The largest absolute Gasteiger partial charge is 0.497 e. The van der Waals surface area contributed by atoms with Crippen molar-refractivity contribution in [1.82, 2.24) is 0 Å². The minimum absolute atomic E-state index is 0.147. The van der Waals surface area contributed by atoms with Crippen LogP contribution in [0.4, 0.5) is 10.1 Å². The molecule has 0 spiro atoms. The summed E-state index contributed by atoms with van der Waals surface area (Å²) in [5.74, 6) is -0.288. The summed E-state index contributed by atoms with van der Waals surface area (Å²) in [4.78, 5) is 11.2. The number of benzene rings is 2. The Bertz CT molecular complexity index is 659. The zero-order chi connectivity index (χ0) is 14.7. The third kappa shape index (κ3) is 2.97. The highest BCUT2D eigenvalue weighted by Gasteiger charge is 2.09. The van der Waals surface area contributed by atoms with Crippen LogP contribution in [-0.4, -0.2) is 13.0 Å². The van der Waals surface area contributed by atoms with E-state index < -0.39 is 11.7 Å². The van der Waals surface area contributed by atoms with Crippen molar-refractivity contribution in [3.63, 3.8) is 0 Å². The third-order valence-corrected chi connectivity index (χ3v) is 2.60. The van der Waals surface area contributed by atoms with Gasteiger partial charge in [0.25, 0.3) is 0 Å². The zero-order valence-corrected chi connectivity index (χ0v) is 10.7. The van der Waals surface area contributed by atoms with Crippen LogP contribution in [0, 0.1) is 5.82 Å². The molecule has 0 bridgehead atoms. The lowest BCUT2D eigenvalue weighted by Crippen LogP contribution is -2.11. The van der Waals surface area contributed by atoms with E-state index in [1.165, 1.54) is 37.4 Å². The summed E-state index contributed by atoms with van der Waals surface area (Å²) in [5.41, 5.74) is 11.4. The van der Waals surface area contributed by atoms with Gasteiger partial charge in [-0.3, -0.25) is 4.79 Å². The molecule has 2 rings (SSSR count). The molecular formula is C14H13FN2O3. The van der Waals surface area contributed by atoms with Gasteiger partial charge in [0, 0.05) is 17.7 Å². The SMILES string of the molecule is COc1cc(Oc2cc(F)ccc2N)cc(C(N)=O)c1. The summed E-state index contributed by atoms with van der Waals surface area (Å²) < 4.78 is 23.7. The molecule has 4 N–H and O–H groups in total. The highest BCUT2D eigenvalue weighted by molar-refractivity contribution is 5.93. The van der Waals surface area contributed by atoms with Gasteiger partial charge in [0.2, 0.25) is 5.91 Å². The number of nitrogen functional groups attached to an aromatic ring is 1. The average Bonchev–Trinajstić information content (AvgIpc) is 2.42. The number of halogens is 1. The number of carbonyl (C=O) groups is 1. The molecule has 0 fully saturated rings. The molecule has 2 aromatic rings. The van der Waals surface area contributed by atoms with Crippen LogP contribution in [0.5, 0.6) is 17.2 Å². The number of anilines is 1. The van der Waals surface area contributed by atoms with Gasteiger partial charge in [0.05, 0.1) is 12.8 Å². The second-order valence-corrected chi connectivity index (χ2v) is 4.05. The minimum Gasteiger partial charge on any atom is -0.497 e. The zero-order valence-electron chi connectivity index (χ0n) is 10.7. The number of rotatable bonds is 4. The van der Waals surface area contributed by atoms with Crippen LogP contribution in [0.25, 0.3) is 0 Å². The molecule has 0 atom stereocenters. The predicted octanol–water partition coefficient (Wildman–Crippen LogP) is 2.31. The number of hydrogen-bond acceptors (Lipinski definition) is 4. The Morgan fingerprint density at radius 3 is 2.50 bits per heavy atom. The maximum Gasteiger partial charge on any atom is 0.248 e. The maximum atomic E-state index is 13.2. The normalized spacial score (nSPS) is 10.1. The number of amides is 1. The van der Waals surface area contributed by atoms with Crippen LogP contribution in [-0.2, 0) is 0 Å².